The second-order valence-electron chi connectivity index (χ2n) is 4.18. The third-order valence-electron chi connectivity index (χ3n) is 2.50. The first kappa shape index (κ1) is 15.4. The fourth-order valence-corrected chi connectivity index (χ4v) is 2.35. The molecule has 0 spiro atoms. The van der Waals surface area contributed by atoms with Gasteiger partial charge in [0.25, 0.3) is 0 Å². The summed E-state index contributed by atoms with van der Waals surface area (Å²) in [5, 5.41) is 10.7. The lowest BCUT2D eigenvalue weighted by Gasteiger charge is -2.22. The van der Waals surface area contributed by atoms with E-state index in [1.807, 2.05) is 17.5 Å². The number of nitrogens with zero attached hydrogens (tertiary/aromatic N) is 2. The maximum atomic E-state index is 12.0. The molecule has 104 valence electrons. The molecule has 0 aromatic carbocycles. The van der Waals surface area contributed by atoms with Gasteiger partial charge >= 0.3 is 5.97 Å². The van der Waals surface area contributed by atoms with E-state index in [0.29, 0.717) is 13.1 Å². The second kappa shape index (κ2) is 7.70. The average molecular weight is 282 g/mol. The van der Waals surface area contributed by atoms with E-state index in [2.05, 4.69) is 6.58 Å². The smallest absolute Gasteiger partial charge is 0.317 e. The van der Waals surface area contributed by atoms with Crippen LogP contribution in [0.3, 0.4) is 0 Å². The van der Waals surface area contributed by atoms with Crippen LogP contribution in [0.1, 0.15) is 4.88 Å². The zero-order chi connectivity index (χ0) is 14.3. The summed E-state index contributed by atoms with van der Waals surface area (Å²) in [6.45, 7) is 4.41. The van der Waals surface area contributed by atoms with Crippen molar-refractivity contribution < 1.29 is 14.7 Å². The molecule has 19 heavy (non-hydrogen) atoms. The van der Waals surface area contributed by atoms with E-state index in [-0.39, 0.29) is 19.0 Å². The highest BCUT2D eigenvalue weighted by molar-refractivity contribution is 7.09. The quantitative estimate of drug-likeness (QED) is 0.730. The van der Waals surface area contributed by atoms with Crippen LogP contribution in [0.2, 0.25) is 0 Å². The summed E-state index contributed by atoms with van der Waals surface area (Å²) in [5.74, 6) is -1.05. The van der Waals surface area contributed by atoms with Crippen molar-refractivity contribution in [1.29, 1.82) is 0 Å². The lowest BCUT2D eigenvalue weighted by molar-refractivity contribution is -0.139. The van der Waals surface area contributed by atoms with Gasteiger partial charge in [-0.2, -0.15) is 0 Å². The van der Waals surface area contributed by atoms with E-state index >= 15 is 0 Å². The molecule has 1 aromatic rings. The molecule has 0 aliphatic carbocycles. The van der Waals surface area contributed by atoms with Crippen LogP contribution >= 0.6 is 11.3 Å². The number of carboxylic acid groups (broad SMARTS) is 1. The number of hydrogen-bond acceptors (Lipinski definition) is 4. The molecule has 1 N–H and O–H groups in total. The van der Waals surface area contributed by atoms with Crippen LogP contribution in [-0.2, 0) is 16.1 Å². The first-order chi connectivity index (χ1) is 9.02. The van der Waals surface area contributed by atoms with Crippen LogP contribution in [0.25, 0.3) is 0 Å². The SMILES string of the molecule is C=CCN(CC(=O)O)CC(=O)N(C)Cc1cccs1. The topological polar surface area (TPSA) is 60.9 Å². The number of carbonyl (C=O) groups is 2. The van der Waals surface area contributed by atoms with Crippen molar-refractivity contribution >= 4 is 23.2 Å². The van der Waals surface area contributed by atoms with Crippen LogP contribution in [0.15, 0.2) is 30.2 Å². The molecular weight excluding hydrogens is 264 g/mol. The summed E-state index contributed by atoms with van der Waals surface area (Å²) >= 11 is 1.59. The minimum Gasteiger partial charge on any atom is -0.480 e. The van der Waals surface area contributed by atoms with Gasteiger partial charge in [0, 0.05) is 18.5 Å². The zero-order valence-electron chi connectivity index (χ0n) is 10.9. The summed E-state index contributed by atoms with van der Waals surface area (Å²) < 4.78 is 0. The van der Waals surface area contributed by atoms with Crippen molar-refractivity contribution in [3.63, 3.8) is 0 Å². The highest BCUT2D eigenvalue weighted by atomic mass is 32.1. The largest absolute Gasteiger partial charge is 0.480 e. The second-order valence-corrected chi connectivity index (χ2v) is 5.21. The maximum absolute atomic E-state index is 12.0. The van der Waals surface area contributed by atoms with Crippen molar-refractivity contribution in [2.45, 2.75) is 6.54 Å². The van der Waals surface area contributed by atoms with Gasteiger partial charge in [0.1, 0.15) is 0 Å². The van der Waals surface area contributed by atoms with Gasteiger partial charge in [-0.05, 0) is 11.4 Å². The van der Waals surface area contributed by atoms with Crippen molar-refractivity contribution in [2.75, 3.05) is 26.7 Å². The Morgan fingerprint density at radius 2 is 2.21 bits per heavy atom. The van der Waals surface area contributed by atoms with Gasteiger partial charge < -0.3 is 10.0 Å². The Balaban J connectivity index is 2.50. The Labute approximate surface area is 116 Å². The predicted molar refractivity (Wildman–Crippen MR) is 75.1 cm³/mol. The Morgan fingerprint density at radius 3 is 2.74 bits per heavy atom. The molecule has 0 radical (unpaired) electrons. The molecule has 0 fully saturated rings. The number of hydrogen-bond donors (Lipinski definition) is 1. The Hall–Kier alpha value is -1.66. The van der Waals surface area contributed by atoms with Crippen LogP contribution in [0.5, 0.6) is 0 Å². The minimum atomic E-state index is -0.949. The van der Waals surface area contributed by atoms with E-state index in [1.54, 1.807) is 34.3 Å². The fourth-order valence-electron chi connectivity index (χ4n) is 1.60. The van der Waals surface area contributed by atoms with E-state index in [1.165, 1.54) is 0 Å². The van der Waals surface area contributed by atoms with Gasteiger partial charge in [-0.15, -0.1) is 17.9 Å². The van der Waals surface area contributed by atoms with Gasteiger partial charge in [0.05, 0.1) is 19.6 Å². The van der Waals surface area contributed by atoms with Crippen LogP contribution < -0.4 is 0 Å². The van der Waals surface area contributed by atoms with Gasteiger partial charge in [-0.1, -0.05) is 12.1 Å². The standard InChI is InChI=1S/C13H18N2O3S/c1-3-6-15(10-13(17)18)9-12(16)14(2)8-11-5-4-7-19-11/h3-5,7H,1,6,8-10H2,2H3,(H,17,18). The zero-order valence-corrected chi connectivity index (χ0v) is 11.7. The Kier molecular flexibility index (Phi) is 6.24. The van der Waals surface area contributed by atoms with Crippen LogP contribution in [-0.4, -0.2) is 53.5 Å². The highest BCUT2D eigenvalue weighted by Crippen LogP contribution is 2.11. The molecule has 1 amide bonds. The third kappa shape index (κ3) is 5.67. The number of amides is 1. The number of rotatable bonds is 8. The molecule has 0 bridgehead atoms. The molecule has 0 saturated heterocycles. The first-order valence-electron chi connectivity index (χ1n) is 5.84. The Morgan fingerprint density at radius 1 is 1.47 bits per heavy atom. The van der Waals surface area contributed by atoms with Gasteiger partial charge in [0.15, 0.2) is 0 Å². The number of thiophene rings is 1. The molecule has 1 rings (SSSR count). The number of aliphatic carboxylic acids is 1. The molecule has 6 heteroatoms. The summed E-state index contributed by atoms with van der Waals surface area (Å²) in [6, 6.07) is 3.90. The van der Waals surface area contributed by atoms with E-state index in [0.717, 1.165) is 4.88 Å². The molecule has 5 nitrogen and oxygen atoms in total. The van der Waals surface area contributed by atoms with Crippen LogP contribution in [0.4, 0.5) is 0 Å². The molecule has 0 aliphatic heterocycles. The van der Waals surface area contributed by atoms with E-state index in [9.17, 15) is 9.59 Å². The molecule has 0 unspecified atom stereocenters. The lowest BCUT2D eigenvalue weighted by atomic mass is 10.3. The summed E-state index contributed by atoms with van der Waals surface area (Å²) in [6.07, 6.45) is 1.59. The molecule has 1 aromatic heterocycles. The summed E-state index contributed by atoms with van der Waals surface area (Å²) in [4.78, 5) is 26.9. The summed E-state index contributed by atoms with van der Waals surface area (Å²) in [7, 11) is 1.72. The number of carbonyl (C=O) groups excluding carboxylic acids is 1. The molecule has 0 saturated carbocycles. The first-order valence-corrected chi connectivity index (χ1v) is 6.72. The molecule has 1 heterocycles. The third-order valence-corrected chi connectivity index (χ3v) is 3.37. The molecular formula is C13H18N2O3S. The maximum Gasteiger partial charge on any atom is 0.317 e. The minimum absolute atomic E-state index is 0.0835. The number of likely N-dealkylation sites (N-methyl/N-ethyl adjacent to an activating group) is 1. The Bertz CT molecular complexity index is 431. The number of carboxylic acids is 1. The van der Waals surface area contributed by atoms with Crippen LogP contribution in [0, 0.1) is 0 Å². The van der Waals surface area contributed by atoms with Crippen molar-refractivity contribution in [1.82, 2.24) is 9.80 Å². The van der Waals surface area contributed by atoms with Gasteiger partial charge in [-0.3, -0.25) is 14.5 Å². The normalized spacial score (nSPS) is 10.4. The average Bonchev–Trinajstić information content (AvgIpc) is 2.81. The van der Waals surface area contributed by atoms with Gasteiger partial charge in [0.2, 0.25) is 5.91 Å². The van der Waals surface area contributed by atoms with Crippen molar-refractivity contribution in [2.24, 2.45) is 0 Å². The van der Waals surface area contributed by atoms with Crippen molar-refractivity contribution in [3.05, 3.63) is 35.0 Å². The van der Waals surface area contributed by atoms with Gasteiger partial charge in [-0.25, -0.2) is 0 Å². The van der Waals surface area contributed by atoms with E-state index < -0.39 is 5.97 Å². The predicted octanol–water partition coefficient (Wildman–Crippen LogP) is 1.28. The summed E-state index contributed by atoms with van der Waals surface area (Å²) in [5.41, 5.74) is 0. The highest BCUT2D eigenvalue weighted by Gasteiger charge is 2.16. The van der Waals surface area contributed by atoms with E-state index in [4.69, 9.17) is 5.11 Å². The lowest BCUT2D eigenvalue weighted by Crippen LogP contribution is -2.40. The monoisotopic (exact) mass is 282 g/mol. The molecule has 0 atom stereocenters. The fraction of sp³-hybridized carbons (Fsp3) is 0.385. The molecule has 0 aliphatic rings. The van der Waals surface area contributed by atoms with Crippen molar-refractivity contribution in [3.8, 4) is 0 Å².